The number of benzene rings is 2. The van der Waals surface area contributed by atoms with Gasteiger partial charge in [-0.15, -0.1) is 0 Å². The molecule has 0 aliphatic rings. The maximum absolute atomic E-state index is 13.6. The summed E-state index contributed by atoms with van der Waals surface area (Å²) < 4.78 is 18.9. The Kier molecular flexibility index (Phi) is 5.91. The molecule has 2 aromatic carbocycles. The number of nitriles is 1. The van der Waals surface area contributed by atoms with Crippen LogP contribution in [0, 0.1) is 31.0 Å². The third-order valence-electron chi connectivity index (χ3n) is 3.74. The molecule has 124 valence electrons. The molecule has 0 N–H and O–H groups in total. The Morgan fingerprint density at radius 3 is 2.62 bits per heavy atom. The van der Waals surface area contributed by atoms with E-state index in [9.17, 15) is 9.18 Å². The number of aryl methyl sites for hydroxylation is 2. The number of carbonyl (C=O) groups excluding carboxylic acids is 1. The van der Waals surface area contributed by atoms with Gasteiger partial charge in [-0.25, -0.2) is 4.39 Å². The number of amides is 1. The van der Waals surface area contributed by atoms with Crippen molar-refractivity contribution in [2.45, 2.75) is 20.3 Å². The van der Waals surface area contributed by atoms with Gasteiger partial charge in [-0.1, -0.05) is 18.2 Å². The first kappa shape index (κ1) is 17.5. The van der Waals surface area contributed by atoms with Crippen molar-refractivity contribution in [3.05, 3.63) is 59.4 Å². The minimum Gasteiger partial charge on any atom is -0.481 e. The molecule has 2 rings (SSSR count). The molecule has 0 aliphatic heterocycles. The fourth-order valence-corrected chi connectivity index (χ4v) is 2.23. The van der Waals surface area contributed by atoms with Crippen molar-refractivity contribution in [1.82, 2.24) is 0 Å². The number of para-hydroxylation sites is 1. The molecule has 2 aromatic rings. The van der Waals surface area contributed by atoms with E-state index < -0.39 is 5.82 Å². The van der Waals surface area contributed by atoms with Gasteiger partial charge in [0.05, 0.1) is 12.5 Å². The molecule has 0 atom stereocenters. The Bertz CT molecular complexity index is 768. The average molecular weight is 326 g/mol. The van der Waals surface area contributed by atoms with E-state index in [1.54, 1.807) is 12.1 Å². The van der Waals surface area contributed by atoms with Gasteiger partial charge in [-0.05, 0) is 49.2 Å². The molecule has 0 heterocycles. The second-order valence-electron chi connectivity index (χ2n) is 5.44. The Hall–Kier alpha value is -2.87. The molecule has 0 saturated carbocycles. The monoisotopic (exact) mass is 326 g/mol. The fraction of sp³-hybridized carbons (Fsp3) is 0.263. The zero-order chi connectivity index (χ0) is 17.5. The van der Waals surface area contributed by atoms with Gasteiger partial charge >= 0.3 is 0 Å². The lowest BCUT2D eigenvalue weighted by Crippen LogP contribution is -2.35. The van der Waals surface area contributed by atoms with E-state index in [4.69, 9.17) is 10.00 Å². The summed E-state index contributed by atoms with van der Waals surface area (Å²) >= 11 is 0. The topological polar surface area (TPSA) is 53.3 Å². The number of rotatable bonds is 6. The first-order valence-electron chi connectivity index (χ1n) is 7.65. The zero-order valence-electron chi connectivity index (χ0n) is 13.8. The number of halogens is 1. The SMILES string of the molecule is Cc1ccc(N(CCC#N)C(=O)COc2ccccc2F)cc1C. The molecule has 4 nitrogen and oxygen atoms in total. The second-order valence-corrected chi connectivity index (χ2v) is 5.44. The number of hydrogen-bond donors (Lipinski definition) is 0. The molecule has 0 saturated heterocycles. The van der Waals surface area contributed by atoms with Crippen LogP contribution in [0.5, 0.6) is 5.75 Å². The number of ether oxygens (including phenoxy) is 1. The van der Waals surface area contributed by atoms with Crippen molar-refractivity contribution in [2.24, 2.45) is 0 Å². The Morgan fingerprint density at radius 1 is 1.21 bits per heavy atom. The van der Waals surface area contributed by atoms with Crippen LogP contribution < -0.4 is 9.64 Å². The second kappa shape index (κ2) is 8.11. The third kappa shape index (κ3) is 4.32. The lowest BCUT2D eigenvalue weighted by molar-refractivity contribution is -0.120. The Balaban J connectivity index is 2.14. The molecule has 0 aromatic heterocycles. The van der Waals surface area contributed by atoms with Crippen molar-refractivity contribution in [3.8, 4) is 11.8 Å². The molecular weight excluding hydrogens is 307 g/mol. The number of nitrogens with zero attached hydrogens (tertiary/aromatic N) is 2. The molecule has 0 aliphatic carbocycles. The van der Waals surface area contributed by atoms with Crippen LogP contribution in [0.25, 0.3) is 0 Å². The van der Waals surface area contributed by atoms with Crippen molar-refractivity contribution < 1.29 is 13.9 Å². The third-order valence-corrected chi connectivity index (χ3v) is 3.74. The van der Waals surface area contributed by atoms with Crippen LogP contribution in [0.4, 0.5) is 10.1 Å². The van der Waals surface area contributed by atoms with Crippen LogP contribution in [0.3, 0.4) is 0 Å². The lowest BCUT2D eigenvalue weighted by Gasteiger charge is -2.23. The maximum Gasteiger partial charge on any atom is 0.264 e. The van der Waals surface area contributed by atoms with E-state index in [0.717, 1.165) is 11.1 Å². The number of anilines is 1. The van der Waals surface area contributed by atoms with Gasteiger partial charge in [0.25, 0.3) is 5.91 Å². The van der Waals surface area contributed by atoms with Gasteiger partial charge in [-0.2, -0.15) is 5.26 Å². The van der Waals surface area contributed by atoms with Crippen molar-refractivity contribution in [1.29, 1.82) is 5.26 Å². The summed E-state index contributed by atoms with van der Waals surface area (Å²) in [4.78, 5) is 14.0. The largest absolute Gasteiger partial charge is 0.481 e. The van der Waals surface area contributed by atoms with Gasteiger partial charge in [0.15, 0.2) is 18.2 Å². The molecule has 5 heteroatoms. The standard InChI is InChI=1S/C19H19FN2O2/c1-14-8-9-16(12-15(14)2)22(11-5-10-21)19(23)13-24-18-7-4-3-6-17(18)20/h3-4,6-9,12H,5,11,13H2,1-2H3. The highest BCUT2D eigenvalue weighted by molar-refractivity contribution is 5.94. The van der Waals surface area contributed by atoms with Crippen molar-refractivity contribution in [3.63, 3.8) is 0 Å². The first-order valence-corrected chi connectivity index (χ1v) is 7.65. The molecule has 0 bridgehead atoms. The van der Waals surface area contributed by atoms with Crippen LogP contribution in [0.1, 0.15) is 17.5 Å². The summed E-state index contributed by atoms with van der Waals surface area (Å²) in [5.74, 6) is -0.803. The molecule has 0 radical (unpaired) electrons. The number of carbonyl (C=O) groups is 1. The Labute approximate surface area is 141 Å². The summed E-state index contributed by atoms with van der Waals surface area (Å²) in [5, 5.41) is 8.82. The minimum absolute atomic E-state index is 0.0335. The molecule has 0 unspecified atom stereocenters. The smallest absolute Gasteiger partial charge is 0.264 e. The van der Waals surface area contributed by atoms with Gasteiger partial charge in [0.1, 0.15) is 0 Å². The minimum atomic E-state index is -0.514. The van der Waals surface area contributed by atoms with E-state index in [1.807, 2.05) is 38.1 Å². The highest BCUT2D eigenvalue weighted by atomic mass is 19.1. The van der Waals surface area contributed by atoms with Gasteiger partial charge in [0, 0.05) is 12.2 Å². The molecule has 24 heavy (non-hydrogen) atoms. The zero-order valence-corrected chi connectivity index (χ0v) is 13.8. The van der Waals surface area contributed by atoms with Crippen LogP contribution in [-0.4, -0.2) is 19.1 Å². The van der Waals surface area contributed by atoms with Crippen LogP contribution >= 0.6 is 0 Å². The molecule has 1 amide bonds. The van der Waals surface area contributed by atoms with Crippen LogP contribution in [0.2, 0.25) is 0 Å². The first-order chi connectivity index (χ1) is 11.5. The van der Waals surface area contributed by atoms with E-state index in [0.29, 0.717) is 5.69 Å². The van der Waals surface area contributed by atoms with E-state index in [2.05, 4.69) is 0 Å². The summed E-state index contributed by atoms with van der Waals surface area (Å²) in [6.07, 6.45) is 0.207. The summed E-state index contributed by atoms with van der Waals surface area (Å²) in [6.45, 7) is 3.92. The maximum atomic E-state index is 13.6. The Morgan fingerprint density at radius 2 is 1.96 bits per heavy atom. The summed E-state index contributed by atoms with van der Waals surface area (Å²) in [5.41, 5.74) is 2.88. The highest BCUT2D eigenvalue weighted by Gasteiger charge is 2.17. The predicted octanol–water partition coefficient (Wildman–Crippen LogP) is 3.77. The van der Waals surface area contributed by atoms with Crippen LogP contribution in [0.15, 0.2) is 42.5 Å². The molecule has 0 spiro atoms. The normalized spacial score (nSPS) is 10.1. The lowest BCUT2D eigenvalue weighted by atomic mass is 10.1. The molecule has 0 fully saturated rings. The average Bonchev–Trinajstić information content (AvgIpc) is 2.57. The van der Waals surface area contributed by atoms with E-state index >= 15 is 0 Å². The quantitative estimate of drug-likeness (QED) is 0.812. The van der Waals surface area contributed by atoms with Gasteiger partial charge in [-0.3, -0.25) is 4.79 Å². The molecular formula is C19H19FN2O2. The highest BCUT2D eigenvalue weighted by Crippen LogP contribution is 2.20. The predicted molar refractivity (Wildman–Crippen MR) is 90.4 cm³/mol. The summed E-state index contributed by atoms with van der Waals surface area (Å²) in [7, 11) is 0. The fourth-order valence-electron chi connectivity index (χ4n) is 2.23. The van der Waals surface area contributed by atoms with Crippen molar-refractivity contribution >= 4 is 11.6 Å². The van der Waals surface area contributed by atoms with Crippen LogP contribution in [-0.2, 0) is 4.79 Å². The summed E-state index contributed by atoms with van der Waals surface area (Å²) in [6, 6.07) is 13.6. The van der Waals surface area contributed by atoms with Gasteiger partial charge < -0.3 is 9.64 Å². The number of hydrogen-bond acceptors (Lipinski definition) is 3. The van der Waals surface area contributed by atoms with Crippen molar-refractivity contribution in [2.75, 3.05) is 18.1 Å². The van der Waals surface area contributed by atoms with E-state index in [1.165, 1.54) is 17.0 Å². The van der Waals surface area contributed by atoms with E-state index in [-0.39, 0.29) is 31.2 Å². The van der Waals surface area contributed by atoms with Gasteiger partial charge in [0.2, 0.25) is 0 Å².